The summed E-state index contributed by atoms with van der Waals surface area (Å²) in [5.41, 5.74) is 2.61. The van der Waals surface area contributed by atoms with Crippen molar-refractivity contribution in [3.63, 3.8) is 0 Å². The number of esters is 1. The first-order valence-corrected chi connectivity index (χ1v) is 23.8. The molecule has 316 valence electrons. The largest absolute Gasteiger partial charge is 0.465 e. The Morgan fingerprint density at radius 2 is 1.07 bits per heavy atom. The van der Waals surface area contributed by atoms with Crippen LogP contribution in [0.4, 0.5) is 0 Å². The first kappa shape index (κ1) is 52.3. The van der Waals surface area contributed by atoms with Crippen LogP contribution in [0, 0.1) is 5.92 Å². The van der Waals surface area contributed by atoms with Gasteiger partial charge < -0.3 is 9.84 Å². The predicted octanol–water partition coefficient (Wildman–Crippen LogP) is 16.3. The van der Waals surface area contributed by atoms with Crippen LogP contribution in [-0.2, 0) is 9.53 Å². The molecule has 0 aliphatic heterocycles. The van der Waals surface area contributed by atoms with Gasteiger partial charge in [0.1, 0.15) is 0 Å². The molecule has 0 fully saturated rings. The minimum Gasteiger partial charge on any atom is -0.465 e. The Morgan fingerprint density at radius 1 is 0.556 bits per heavy atom. The van der Waals surface area contributed by atoms with Crippen LogP contribution < -0.4 is 0 Å². The number of nitrogens with zero attached hydrogens (tertiary/aromatic N) is 1. The van der Waals surface area contributed by atoms with E-state index in [2.05, 4.69) is 50.1 Å². The predicted molar refractivity (Wildman–Crippen MR) is 240 cm³/mol. The molecular formula is C50H93NO3. The summed E-state index contributed by atoms with van der Waals surface area (Å²) in [6.07, 6.45) is 51.6. The minimum atomic E-state index is -0.173. The number of hydrogen-bond acceptors (Lipinski definition) is 4. The van der Waals surface area contributed by atoms with Crippen LogP contribution in [0.15, 0.2) is 41.1 Å². The average molecular weight is 756 g/mol. The first-order valence-electron chi connectivity index (χ1n) is 23.8. The molecule has 0 amide bonds. The molecule has 0 bridgehead atoms. The maximum absolute atomic E-state index is 13.0. The zero-order valence-electron chi connectivity index (χ0n) is 37.0. The van der Waals surface area contributed by atoms with Crippen LogP contribution in [0.5, 0.6) is 0 Å². The molecule has 0 aromatic rings. The number of carbonyl (C=O) groups is 1. The lowest BCUT2D eigenvalue weighted by molar-refractivity contribution is -0.149. The molecule has 4 nitrogen and oxygen atoms in total. The van der Waals surface area contributed by atoms with Crippen LogP contribution in [0.3, 0.4) is 0 Å². The fourth-order valence-corrected chi connectivity index (χ4v) is 7.26. The number of unbranched alkanes of at least 4 members (excludes halogenated alkanes) is 22. The topological polar surface area (TPSA) is 58.9 Å². The summed E-state index contributed by atoms with van der Waals surface area (Å²) in [7, 11) is 0. The molecule has 0 heterocycles. The Labute approximate surface area is 338 Å². The highest BCUT2D eigenvalue weighted by Gasteiger charge is 2.19. The van der Waals surface area contributed by atoms with E-state index in [4.69, 9.17) is 4.74 Å². The van der Waals surface area contributed by atoms with Crippen LogP contribution in [0.2, 0.25) is 0 Å². The summed E-state index contributed by atoms with van der Waals surface area (Å²) < 4.78 is 5.84. The number of aliphatic hydroxyl groups is 1. The van der Waals surface area contributed by atoms with Crippen molar-refractivity contribution in [2.75, 3.05) is 6.61 Å². The molecule has 4 heteroatoms. The molecule has 0 rings (SSSR count). The second-order valence-corrected chi connectivity index (χ2v) is 16.6. The highest BCUT2D eigenvalue weighted by Crippen LogP contribution is 2.22. The van der Waals surface area contributed by atoms with Crippen molar-refractivity contribution in [3.05, 3.63) is 36.1 Å². The highest BCUT2D eigenvalue weighted by atomic mass is 16.5. The van der Waals surface area contributed by atoms with Gasteiger partial charge in [-0.25, -0.2) is 0 Å². The van der Waals surface area contributed by atoms with E-state index in [0.29, 0.717) is 6.61 Å². The molecular weight excluding hydrogens is 663 g/mol. The Morgan fingerprint density at radius 3 is 1.67 bits per heavy atom. The van der Waals surface area contributed by atoms with Gasteiger partial charge in [0.2, 0.25) is 0 Å². The lowest BCUT2D eigenvalue weighted by Gasteiger charge is -2.16. The van der Waals surface area contributed by atoms with Crippen LogP contribution >= 0.6 is 0 Å². The van der Waals surface area contributed by atoms with Gasteiger partial charge in [-0.05, 0) is 90.9 Å². The molecule has 0 radical (unpaired) electrons. The summed E-state index contributed by atoms with van der Waals surface area (Å²) in [5.74, 6) is 0.164. The standard InChI is InChI=1S/C50H93NO3/c1-6-9-12-15-17-18-19-20-27-34-41-49(52)43-42-47(37-30-24-21-22-28-35-44-51-46(4)5)38-31-25-23-29-36-45-54-50(53)48(39-32-14-11-8-3)40-33-26-16-13-10-7-2/h21-22,35,38,44,48-49,52H,6-20,23-34,36-37,39-43,45H2,1-5H3/b22-21+,44-35-,47-38+/t48?,49-/m1/s1. The highest BCUT2D eigenvalue weighted by molar-refractivity contribution is 5.79. The Balaban J connectivity index is 4.59. The van der Waals surface area contributed by atoms with E-state index >= 15 is 0 Å². The van der Waals surface area contributed by atoms with Crippen molar-refractivity contribution in [1.82, 2.24) is 0 Å². The summed E-state index contributed by atoms with van der Waals surface area (Å²) in [6.45, 7) is 11.4. The van der Waals surface area contributed by atoms with E-state index in [0.717, 1.165) is 102 Å². The van der Waals surface area contributed by atoms with Gasteiger partial charge in [-0.2, -0.15) is 0 Å². The zero-order valence-corrected chi connectivity index (χ0v) is 37.0. The Kier molecular flexibility index (Phi) is 41.1. The van der Waals surface area contributed by atoms with Crippen molar-refractivity contribution in [1.29, 1.82) is 0 Å². The van der Waals surface area contributed by atoms with E-state index in [-0.39, 0.29) is 18.0 Å². The van der Waals surface area contributed by atoms with E-state index in [1.165, 1.54) is 128 Å². The number of rotatable bonds is 41. The molecule has 54 heavy (non-hydrogen) atoms. The molecule has 1 N–H and O–H groups in total. The summed E-state index contributed by atoms with van der Waals surface area (Å²) >= 11 is 0. The van der Waals surface area contributed by atoms with Gasteiger partial charge in [0.15, 0.2) is 0 Å². The quantitative estimate of drug-likeness (QED) is 0.0293. The molecule has 1 unspecified atom stereocenters. The molecule has 0 aromatic heterocycles. The molecule has 0 spiro atoms. The number of allylic oxidation sites excluding steroid dienone is 5. The van der Waals surface area contributed by atoms with Gasteiger partial charge in [-0.1, -0.05) is 192 Å². The number of ether oxygens (including phenoxy) is 1. The van der Waals surface area contributed by atoms with Gasteiger partial charge in [-0.3, -0.25) is 9.79 Å². The first-order chi connectivity index (χ1) is 26.4. The normalized spacial score (nSPS) is 13.3. The average Bonchev–Trinajstić information content (AvgIpc) is 3.16. The fourth-order valence-electron chi connectivity index (χ4n) is 7.26. The van der Waals surface area contributed by atoms with Crippen LogP contribution in [0.25, 0.3) is 0 Å². The SMILES string of the molecule is CCCCCCCCCCCC[C@@H](O)CC/C(=C/CCCCCCOC(=O)C(CCCCCC)CCCCCCCC)CCC/C=C/C/C=C\N=C(C)C. The van der Waals surface area contributed by atoms with Gasteiger partial charge in [0.25, 0.3) is 0 Å². The minimum absolute atomic E-state index is 0.0648. The molecule has 0 aliphatic carbocycles. The van der Waals surface area contributed by atoms with Gasteiger partial charge in [0.05, 0.1) is 18.6 Å². The third kappa shape index (κ3) is 38.6. The van der Waals surface area contributed by atoms with Crippen molar-refractivity contribution in [2.45, 2.75) is 259 Å². The zero-order chi connectivity index (χ0) is 39.6. The van der Waals surface area contributed by atoms with Crippen molar-refractivity contribution in [3.8, 4) is 0 Å². The molecule has 0 saturated carbocycles. The third-order valence-electron chi connectivity index (χ3n) is 10.9. The van der Waals surface area contributed by atoms with E-state index in [9.17, 15) is 9.90 Å². The second-order valence-electron chi connectivity index (χ2n) is 16.6. The maximum atomic E-state index is 13.0. The van der Waals surface area contributed by atoms with Crippen LogP contribution in [0.1, 0.15) is 253 Å². The molecule has 0 aliphatic rings. The van der Waals surface area contributed by atoms with Crippen molar-refractivity contribution in [2.24, 2.45) is 10.9 Å². The van der Waals surface area contributed by atoms with Crippen LogP contribution in [-0.4, -0.2) is 29.5 Å². The monoisotopic (exact) mass is 756 g/mol. The number of hydrogen-bond donors (Lipinski definition) is 1. The van der Waals surface area contributed by atoms with Crippen molar-refractivity contribution >= 4 is 11.7 Å². The lowest BCUT2D eigenvalue weighted by atomic mass is 9.94. The maximum Gasteiger partial charge on any atom is 0.308 e. The summed E-state index contributed by atoms with van der Waals surface area (Å²) in [5, 5.41) is 10.8. The Hall–Kier alpha value is -1.68. The van der Waals surface area contributed by atoms with Crippen molar-refractivity contribution < 1.29 is 14.6 Å². The smallest absolute Gasteiger partial charge is 0.308 e. The fraction of sp³-hybridized carbons (Fsp3) is 0.840. The third-order valence-corrected chi connectivity index (χ3v) is 10.9. The molecule has 2 atom stereocenters. The van der Waals surface area contributed by atoms with Gasteiger partial charge >= 0.3 is 5.97 Å². The molecule has 0 aromatic carbocycles. The van der Waals surface area contributed by atoms with Gasteiger partial charge in [-0.15, -0.1) is 0 Å². The van der Waals surface area contributed by atoms with E-state index < -0.39 is 0 Å². The number of aliphatic imine (C=N–C) groups is 1. The summed E-state index contributed by atoms with van der Waals surface area (Å²) in [6, 6.07) is 0. The van der Waals surface area contributed by atoms with Gasteiger partial charge in [0, 0.05) is 11.9 Å². The number of carbonyl (C=O) groups excluding carboxylic acids is 1. The number of aliphatic hydroxyl groups excluding tert-OH is 1. The van der Waals surface area contributed by atoms with E-state index in [1.807, 2.05) is 20.0 Å². The molecule has 0 saturated heterocycles. The second kappa shape index (κ2) is 42.5. The van der Waals surface area contributed by atoms with E-state index in [1.54, 1.807) is 0 Å². The summed E-state index contributed by atoms with van der Waals surface area (Å²) in [4.78, 5) is 17.3. The lowest BCUT2D eigenvalue weighted by Crippen LogP contribution is -2.18. The Bertz CT molecular complexity index is 915.